The van der Waals surface area contributed by atoms with Crippen LogP contribution in [0.15, 0.2) is 61.2 Å². The summed E-state index contributed by atoms with van der Waals surface area (Å²) in [6, 6.07) is 9.25. The Morgan fingerprint density at radius 1 is 0.617 bits per heavy atom. The molecule has 2 fully saturated rings. The van der Waals surface area contributed by atoms with Gasteiger partial charge in [0.2, 0.25) is 11.8 Å². The SMILES string of the molecule is CC(C)(C)NC(=O)c1c[nH]c2ncc(-c3nn(CC(=O)N4CCN(CC(F)(F)F)CC4)c4ccc(OC(F)F)cc34)nc12.CC(C)(C)NC(=O)c1cn(COCC[Si](C)(C)C)c2ncc(-c3nn(CC(=O)N4CCN(CC(F)(F)F)CC4)c4ccc(OC(F)F)cc34)nc12. The van der Waals surface area contributed by atoms with Crippen molar-refractivity contribution < 1.29 is 77.3 Å². The Morgan fingerprint density at radius 3 is 1.50 bits per heavy atom. The van der Waals surface area contributed by atoms with Gasteiger partial charge in [0, 0.05) is 101 Å². The summed E-state index contributed by atoms with van der Waals surface area (Å²) < 4.78 is 149. The molecule has 2 aromatic carbocycles. The summed E-state index contributed by atoms with van der Waals surface area (Å²) in [7, 11) is -1.35. The van der Waals surface area contributed by atoms with E-state index in [1.165, 1.54) is 84.0 Å². The second-order valence-electron chi connectivity index (χ2n) is 26.0. The summed E-state index contributed by atoms with van der Waals surface area (Å²) in [5.74, 6) is -1.80. The molecule has 0 atom stereocenters. The van der Waals surface area contributed by atoms with Crippen molar-refractivity contribution in [2.75, 3.05) is 72.1 Å². The van der Waals surface area contributed by atoms with Gasteiger partial charge in [-0.15, -0.1) is 0 Å². The number of aromatic amines is 1. The van der Waals surface area contributed by atoms with Crippen molar-refractivity contribution in [3.8, 4) is 34.3 Å². The lowest BCUT2D eigenvalue weighted by atomic mass is 10.1. The number of carbonyl (C=O) groups is 4. The molecule has 0 spiro atoms. The summed E-state index contributed by atoms with van der Waals surface area (Å²) in [5.41, 5.74) is 2.28. The van der Waals surface area contributed by atoms with Crippen molar-refractivity contribution in [2.24, 2.45) is 0 Å². The molecule has 94 heavy (non-hydrogen) atoms. The molecule has 2 aliphatic rings. The Kier molecular flexibility index (Phi) is 20.7. The zero-order chi connectivity index (χ0) is 68.4. The summed E-state index contributed by atoms with van der Waals surface area (Å²) in [6.07, 6.45) is -2.71. The fraction of sp³-hybridized carbons (Fsp3) is 0.500. The van der Waals surface area contributed by atoms with Crippen LogP contribution in [0.2, 0.25) is 25.7 Å². The number of nitrogens with zero attached hydrogens (tertiary/aromatic N) is 13. The Labute approximate surface area is 533 Å². The van der Waals surface area contributed by atoms with Gasteiger partial charge in [-0.05, 0) is 84.0 Å². The molecule has 0 unspecified atom stereocenters. The smallest absolute Gasteiger partial charge is 0.401 e. The van der Waals surface area contributed by atoms with Gasteiger partial charge >= 0.3 is 25.6 Å². The van der Waals surface area contributed by atoms with Crippen molar-refractivity contribution in [1.82, 2.24) is 79.3 Å². The van der Waals surface area contributed by atoms with E-state index in [0.29, 0.717) is 39.7 Å². The standard InChI is InChI=1S/C33H43F5N8O4Si.C27H29F5N8O3/c1-32(2,3)41-30(48)23-17-45(20-49-13-14-51(4,5)6)29-28(23)40-24(16-39-29)27-22-15-21(50-31(34)35)7-8-25(22)46(42-27)18-26(47)44-11-9-43(10-12-44)19-33(36,37)38;1-26(2,3)36-24(42)17-11-33-23-22(17)35-18(12-34-23)21-16-10-15(43-25(28)29)4-5-19(16)40(37-21)13-20(41)39-8-6-38(7-9-39)14-27(30,31)32/h7-8,15-17,31H,9-14,18-20H2,1-6H3,(H,41,48);4-5,10-12,25H,6-9,13-14H2,1-3H3,(H,33,34)(H,36,42). The summed E-state index contributed by atoms with van der Waals surface area (Å²) in [4.78, 5) is 79.6. The fourth-order valence-electron chi connectivity index (χ4n) is 10.5. The molecule has 2 saturated heterocycles. The van der Waals surface area contributed by atoms with Crippen LogP contribution in [0.4, 0.5) is 43.9 Å². The number of carbonyl (C=O) groups excluding carboxylic acids is 4. The number of hydrogen-bond acceptors (Lipinski definition) is 15. The highest BCUT2D eigenvalue weighted by Crippen LogP contribution is 2.35. The normalized spacial score (nSPS) is 15.0. The molecule has 0 aliphatic carbocycles. The number of aromatic nitrogens is 10. The molecule has 2 aliphatic heterocycles. The average Bonchev–Trinajstić information content (AvgIpc) is 1.61. The number of H-pyrrole nitrogens is 1. The molecule has 6 aromatic heterocycles. The van der Waals surface area contributed by atoms with Gasteiger partial charge in [0.05, 0.1) is 47.6 Å². The number of amides is 4. The fourth-order valence-corrected chi connectivity index (χ4v) is 11.3. The van der Waals surface area contributed by atoms with Gasteiger partial charge in [0.1, 0.15) is 65.1 Å². The van der Waals surface area contributed by atoms with Crippen LogP contribution in [0.5, 0.6) is 11.5 Å². The third-order valence-electron chi connectivity index (χ3n) is 14.8. The second kappa shape index (κ2) is 27.8. The number of nitrogens with one attached hydrogen (secondary N) is 3. The predicted octanol–water partition coefficient (Wildman–Crippen LogP) is 9.41. The highest BCUT2D eigenvalue weighted by atomic mass is 28.3. The van der Waals surface area contributed by atoms with Crippen LogP contribution in [-0.2, 0) is 34.1 Å². The maximum absolute atomic E-state index is 13.5. The maximum Gasteiger partial charge on any atom is 0.401 e. The summed E-state index contributed by atoms with van der Waals surface area (Å²) in [6.45, 7) is 10.4. The minimum absolute atomic E-state index is 0.0639. The molecule has 10 rings (SSSR count). The number of halogens is 10. The van der Waals surface area contributed by atoms with E-state index >= 15 is 0 Å². The van der Waals surface area contributed by atoms with Gasteiger partial charge < -0.3 is 44.2 Å². The number of hydrogen-bond donors (Lipinski definition) is 3. The topological polar surface area (TPSA) is 241 Å². The van der Waals surface area contributed by atoms with Crippen molar-refractivity contribution in [3.63, 3.8) is 0 Å². The zero-order valence-corrected chi connectivity index (χ0v) is 54.0. The molecular weight excluding hydrogens is 1270 g/mol. The van der Waals surface area contributed by atoms with E-state index in [2.05, 4.69) is 69.9 Å². The van der Waals surface area contributed by atoms with Gasteiger partial charge in [-0.2, -0.15) is 54.1 Å². The molecule has 0 bridgehead atoms. The maximum atomic E-state index is 13.5. The van der Waals surface area contributed by atoms with Crippen LogP contribution in [0.3, 0.4) is 0 Å². The quantitative estimate of drug-likeness (QED) is 0.0388. The van der Waals surface area contributed by atoms with E-state index in [9.17, 15) is 63.1 Å². The second-order valence-corrected chi connectivity index (χ2v) is 31.6. The van der Waals surface area contributed by atoms with Crippen LogP contribution < -0.4 is 20.1 Å². The minimum Gasteiger partial charge on any atom is -0.435 e. The van der Waals surface area contributed by atoms with Crippen LogP contribution in [-0.4, -0.2) is 209 Å². The van der Waals surface area contributed by atoms with E-state index in [1.54, 1.807) is 10.8 Å². The Hall–Kier alpha value is -8.50. The lowest BCUT2D eigenvalue weighted by Crippen LogP contribution is -2.51. The monoisotopic (exact) mass is 1350 g/mol. The third-order valence-corrected chi connectivity index (χ3v) is 16.5. The van der Waals surface area contributed by atoms with Gasteiger partial charge in [-0.25, -0.2) is 19.9 Å². The molecule has 508 valence electrons. The van der Waals surface area contributed by atoms with Crippen molar-refractivity contribution in [3.05, 3.63) is 72.3 Å². The number of piperazine rings is 2. The molecule has 8 heterocycles. The predicted molar refractivity (Wildman–Crippen MR) is 329 cm³/mol. The lowest BCUT2D eigenvalue weighted by molar-refractivity contribution is -0.153. The van der Waals surface area contributed by atoms with Crippen LogP contribution in [0.25, 0.3) is 66.9 Å². The highest BCUT2D eigenvalue weighted by molar-refractivity contribution is 6.76. The highest BCUT2D eigenvalue weighted by Gasteiger charge is 2.35. The number of rotatable bonds is 19. The number of benzene rings is 2. The third kappa shape index (κ3) is 18.2. The first kappa shape index (κ1) is 69.8. The summed E-state index contributed by atoms with van der Waals surface area (Å²) in [5, 5.41) is 15.7. The Balaban J connectivity index is 0.000000224. The first-order valence-electron chi connectivity index (χ1n) is 29.9. The van der Waals surface area contributed by atoms with Gasteiger partial charge in [-0.1, -0.05) is 19.6 Å². The average molecular weight is 1350 g/mol. The summed E-state index contributed by atoms with van der Waals surface area (Å²) >= 11 is 0. The van der Waals surface area contributed by atoms with E-state index in [-0.39, 0.29) is 152 Å². The van der Waals surface area contributed by atoms with Crippen LogP contribution >= 0.6 is 0 Å². The lowest BCUT2D eigenvalue weighted by Gasteiger charge is -2.35. The zero-order valence-electron chi connectivity index (χ0n) is 53.0. The minimum atomic E-state index is -4.34. The van der Waals surface area contributed by atoms with Gasteiger partial charge in [-0.3, -0.25) is 38.3 Å². The molecule has 3 N–H and O–H groups in total. The first-order chi connectivity index (χ1) is 43.9. The molecule has 4 amide bonds. The van der Waals surface area contributed by atoms with Crippen LogP contribution in [0, 0.1) is 0 Å². The molecular formula is C60H72F10N16O7Si. The largest absolute Gasteiger partial charge is 0.435 e. The molecule has 0 radical (unpaired) electrons. The van der Waals surface area contributed by atoms with Gasteiger partial charge in [0.15, 0.2) is 11.3 Å². The first-order valence-corrected chi connectivity index (χ1v) is 33.6. The van der Waals surface area contributed by atoms with Gasteiger partial charge in [0.25, 0.3) is 11.8 Å². The van der Waals surface area contributed by atoms with Crippen molar-refractivity contribution in [2.45, 2.75) is 124 Å². The molecule has 34 heteroatoms. The van der Waals surface area contributed by atoms with E-state index in [4.69, 9.17) is 9.72 Å². The molecule has 0 saturated carbocycles. The van der Waals surface area contributed by atoms with E-state index in [1.807, 2.05) is 41.5 Å². The number of fused-ring (bicyclic) bond motifs is 4. The number of alkyl halides is 10. The molecule has 8 aromatic rings. The number of ether oxygens (including phenoxy) is 3. The van der Waals surface area contributed by atoms with E-state index in [0.717, 1.165) is 6.04 Å². The van der Waals surface area contributed by atoms with E-state index < -0.39 is 57.8 Å². The Bertz CT molecular complexity index is 4040. The molecule has 23 nitrogen and oxygen atoms in total. The van der Waals surface area contributed by atoms with Crippen molar-refractivity contribution >= 4 is 75.8 Å². The van der Waals surface area contributed by atoms with Crippen LogP contribution in [0.1, 0.15) is 62.3 Å². The van der Waals surface area contributed by atoms with Crippen molar-refractivity contribution in [1.29, 1.82) is 0 Å². The Morgan fingerprint density at radius 2 is 1.06 bits per heavy atom.